The van der Waals surface area contributed by atoms with Crippen LogP contribution in [0.2, 0.25) is 0 Å². The molecule has 0 aliphatic carbocycles. The smallest absolute Gasteiger partial charge is 0.137 e. The highest BCUT2D eigenvalue weighted by molar-refractivity contribution is 5.95. The molecule has 2 aromatic carbocycles. The van der Waals surface area contributed by atoms with E-state index in [1.54, 1.807) is 24.3 Å². The quantitative estimate of drug-likeness (QED) is 0.673. The first kappa shape index (κ1) is 16.5. The maximum absolute atomic E-state index is 13.0. The highest BCUT2D eigenvalue weighted by Crippen LogP contribution is 2.20. The molecule has 0 aliphatic rings. The van der Waals surface area contributed by atoms with Crippen molar-refractivity contribution >= 4 is 18.2 Å². The SMILES string of the molecule is Cl.N#Cc1cc(C(=N)N)ccc1OCc1cccc(F)c1. The maximum atomic E-state index is 13.0. The summed E-state index contributed by atoms with van der Waals surface area (Å²) < 4.78 is 18.5. The van der Waals surface area contributed by atoms with Gasteiger partial charge in [-0.2, -0.15) is 5.26 Å². The maximum Gasteiger partial charge on any atom is 0.137 e. The van der Waals surface area contributed by atoms with Crippen LogP contribution in [-0.4, -0.2) is 5.84 Å². The van der Waals surface area contributed by atoms with Gasteiger partial charge in [0.1, 0.15) is 30.1 Å². The zero-order valence-electron chi connectivity index (χ0n) is 11.0. The largest absolute Gasteiger partial charge is 0.488 e. The molecule has 3 N–H and O–H groups in total. The second-order valence-corrected chi connectivity index (χ2v) is 4.16. The second kappa shape index (κ2) is 7.27. The number of nitrogen functional groups attached to an aromatic ring is 1. The van der Waals surface area contributed by atoms with Crippen molar-refractivity contribution < 1.29 is 9.13 Å². The normalized spacial score (nSPS) is 9.33. The van der Waals surface area contributed by atoms with Gasteiger partial charge in [0.05, 0.1) is 5.56 Å². The summed E-state index contributed by atoms with van der Waals surface area (Å²) in [5.41, 5.74) is 6.78. The van der Waals surface area contributed by atoms with Gasteiger partial charge in [-0.1, -0.05) is 12.1 Å². The van der Waals surface area contributed by atoms with Crippen LogP contribution in [0.1, 0.15) is 16.7 Å². The number of halogens is 2. The number of nitriles is 1. The Labute approximate surface area is 127 Å². The molecule has 0 aromatic heterocycles. The van der Waals surface area contributed by atoms with Crippen LogP contribution in [0.15, 0.2) is 42.5 Å². The molecule has 0 saturated carbocycles. The van der Waals surface area contributed by atoms with Gasteiger partial charge in [-0.25, -0.2) is 4.39 Å². The molecule has 0 atom stereocenters. The van der Waals surface area contributed by atoms with Crippen LogP contribution in [0.25, 0.3) is 0 Å². The molecule has 4 nitrogen and oxygen atoms in total. The highest BCUT2D eigenvalue weighted by atomic mass is 35.5. The molecule has 0 heterocycles. The molecule has 6 heteroatoms. The number of nitrogens with zero attached hydrogens (tertiary/aromatic N) is 1. The van der Waals surface area contributed by atoms with Crippen molar-refractivity contribution in [3.05, 3.63) is 65.0 Å². The Kier molecular flexibility index (Phi) is 5.70. The van der Waals surface area contributed by atoms with Gasteiger partial charge in [0.15, 0.2) is 0 Å². The molecule has 2 rings (SSSR count). The van der Waals surface area contributed by atoms with Crippen LogP contribution in [0.3, 0.4) is 0 Å². The van der Waals surface area contributed by atoms with Crippen molar-refractivity contribution in [1.82, 2.24) is 0 Å². The second-order valence-electron chi connectivity index (χ2n) is 4.16. The van der Waals surface area contributed by atoms with E-state index < -0.39 is 0 Å². The summed E-state index contributed by atoms with van der Waals surface area (Å²) in [4.78, 5) is 0. The fourth-order valence-electron chi connectivity index (χ4n) is 1.70. The van der Waals surface area contributed by atoms with E-state index in [2.05, 4.69) is 0 Å². The summed E-state index contributed by atoms with van der Waals surface area (Å²) >= 11 is 0. The average molecular weight is 306 g/mol. The lowest BCUT2D eigenvalue weighted by atomic mass is 10.1. The molecule has 0 saturated heterocycles. The molecular weight excluding hydrogens is 293 g/mol. The van der Waals surface area contributed by atoms with E-state index in [0.717, 1.165) is 0 Å². The summed E-state index contributed by atoms with van der Waals surface area (Å²) in [7, 11) is 0. The summed E-state index contributed by atoms with van der Waals surface area (Å²) in [6.45, 7) is 0.159. The van der Waals surface area contributed by atoms with Gasteiger partial charge < -0.3 is 10.5 Å². The Bertz CT molecular complexity index is 698. The summed E-state index contributed by atoms with van der Waals surface area (Å²) in [5.74, 6) is -0.0709. The van der Waals surface area contributed by atoms with Crippen LogP contribution in [0.5, 0.6) is 5.75 Å². The summed E-state index contributed by atoms with van der Waals surface area (Å²) in [6.07, 6.45) is 0. The fourth-order valence-corrected chi connectivity index (χ4v) is 1.70. The highest BCUT2D eigenvalue weighted by Gasteiger charge is 2.07. The number of ether oxygens (including phenoxy) is 1. The lowest BCUT2D eigenvalue weighted by molar-refractivity contribution is 0.304. The third-order valence-corrected chi connectivity index (χ3v) is 2.69. The lowest BCUT2D eigenvalue weighted by Crippen LogP contribution is -2.11. The molecule has 0 fully saturated rings. The van der Waals surface area contributed by atoms with E-state index in [9.17, 15) is 4.39 Å². The number of rotatable bonds is 4. The zero-order valence-corrected chi connectivity index (χ0v) is 11.8. The Morgan fingerprint density at radius 1 is 1.29 bits per heavy atom. The fraction of sp³-hybridized carbons (Fsp3) is 0.0667. The standard InChI is InChI=1S/C15H12FN3O.ClH/c16-13-3-1-2-10(6-13)9-20-14-5-4-11(15(18)19)7-12(14)8-17;/h1-7H,9H2,(H3,18,19);1H. The van der Waals surface area contributed by atoms with E-state index in [4.69, 9.17) is 21.1 Å². The molecule has 108 valence electrons. The third kappa shape index (κ3) is 4.20. The minimum Gasteiger partial charge on any atom is -0.488 e. The van der Waals surface area contributed by atoms with Crippen LogP contribution in [0, 0.1) is 22.6 Å². The van der Waals surface area contributed by atoms with Crippen molar-refractivity contribution in [2.45, 2.75) is 6.61 Å². The number of nitrogens with one attached hydrogen (secondary N) is 1. The topological polar surface area (TPSA) is 82.9 Å². The molecule has 0 unspecified atom stereocenters. The lowest BCUT2D eigenvalue weighted by Gasteiger charge is -2.09. The number of benzene rings is 2. The van der Waals surface area contributed by atoms with Gasteiger partial charge in [-0.05, 0) is 35.9 Å². The van der Waals surface area contributed by atoms with Gasteiger partial charge in [0.2, 0.25) is 0 Å². The van der Waals surface area contributed by atoms with Crippen LogP contribution in [0.4, 0.5) is 4.39 Å². The number of nitrogens with two attached hydrogens (primary N) is 1. The average Bonchev–Trinajstić information content (AvgIpc) is 2.45. The van der Waals surface area contributed by atoms with Crippen molar-refractivity contribution in [3.63, 3.8) is 0 Å². The molecule has 21 heavy (non-hydrogen) atoms. The molecule has 0 spiro atoms. The van der Waals surface area contributed by atoms with E-state index in [-0.39, 0.29) is 36.2 Å². The van der Waals surface area contributed by atoms with Crippen LogP contribution < -0.4 is 10.5 Å². The van der Waals surface area contributed by atoms with E-state index in [1.165, 1.54) is 18.2 Å². The Morgan fingerprint density at radius 3 is 2.67 bits per heavy atom. The van der Waals surface area contributed by atoms with Crippen molar-refractivity contribution in [3.8, 4) is 11.8 Å². The van der Waals surface area contributed by atoms with Crippen LogP contribution >= 0.6 is 12.4 Å². The summed E-state index contributed by atoms with van der Waals surface area (Å²) in [5, 5.41) is 16.4. The minimum absolute atomic E-state index is 0. The molecule has 0 bridgehead atoms. The van der Waals surface area contributed by atoms with E-state index >= 15 is 0 Å². The molecule has 0 radical (unpaired) electrons. The molecule has 0 amide bonds. The summed E-state index contributed by atoms with van der Waals surface area (Å²) in [6, 6.07) is 12.7. The van der Waals surface area contributed by atoms with Crippen molar-refractivity contribution in [2.24, 2.45) is 5.73 Å². The van der Waals surface area contributed by atoms with Gasteiger partial charge in [-0.3, -0.25) is 5.41 Å². The Balaban J connectivity index is 0.00000220. The molecular formula is C15H13ClFN3O. The number of hydrogen-bond donors (Lipinski definition) is 2. The number of amidine groups is 1. The predicted molar refractivity (Wildman–Crippen MR) is 80.2 cm³/mol. The Morgan fingerprint density at radius 2 is 2.05 bits per heavy atom. The van der Waals surface area contributed by atoms with Crippen molar-refractivity contribution in [2.75, 3.05) is 0 Å². The van der Waals surface area contributed by atoms with E-state index in [0.29, 0.717) is 16.9 Å². The number of hydrogen-bond acceptors (Lipinski definition) is 3. The minimum atomic E-state index is -0.335. The predicted octanol–water partition coefficient (Wildman–Crippen LogP) is 2.98. The van der Waals surface area contributed by atoms with Crippen LogP contribution in [-0.2, 0) is 6.61 Å². The van der Waals surface area contributed by atoms with E-state index in [1.807, 2.05) is 6.07 Å². The molecule has 2 aromatic rings. The van der Waals surface area contributed by atoms with Gasteiger partial charge >= 0.3 is 0 Å². The van der Waals surface area contributed by atoms with Gasteiger partial charge in [0, 0.05) is 5.56 Å². The zero-order chi connectivity index (χ0) is 14.5. The van der Waals surface area contributed by atoms with Gasteiger partial charge in [-0.15, -0.1) is 12.4 Å². The first-order valence-electron chi connectivity index (χ1n) is 5.86. The third-order valence-electron chi connectivity index (χ3n) is 2.69. The van der Waals surface area contributed by atoms with Crippen molar-refractivity contribution in [1.29, 1.82) is 10.7 Å². The monoisotopic (exact) mass is 305 g/mol. The van der Waals surface area contributed by atoms with Gasteiger partial charge in [0.25, 0.3) is 0 Å². The first-order chi connectivity index (χ1) is 9.60. The first-order valence-corrected chi connectivity index (χ1v) is 5.86. The Hall–Kier alpha value is -2.58. The molecule has 0 aliphatic heterocycles.